The minimum absolute atomic E-state index is 0.111. The summed E-state index contributed by atoms with van der Waals surface area (Å²) >= 11 is 4.00. The molecule has 35 heavy (non-hydrogen) atoms. The van der Waals surface area contributed by atoms with Crippen LogP contribution < -0.4 is 38.9 Å². The highest BCUT2D eigenvalue weighted by atomic mass is 32.1. The summed E-state index contributed by atoms with van der Waals surface area (Å²) < 4.78 is 0. The Morgan fingerprint density at radius 2 is 1.37 bits per heavy atom. The molecule has 4 unspecified atom stereocenters. The van der Waals surface area contributed by atoms with E-state index in [1.807, 2.05) is 5.32 Å². The highest BCUT2D eigenvalue weighted by molar-refractivity contribution is 7.80. The summed E-state index contributed by atoms with van der Waals surface area (Å²) in [6.07, 6.45) is -1.10. The Balaban J connectivity index is 5.24. The van der Waals surface area contributed by atoms with Gasteiger partial charge in [0.05, 0.1) is 12.5 Å². The lowest BCUT2D eigenvalue weighted by Crippen LogP contribution is -2.57. The molecule has 0 rings (SSSR count). The number of nitrogens with two attached hydrogens (primary N) is 4. The zero-order chi connectivity index (χ0) is 27.1. The number of hydrogen-bond acceptors (Lipinski definition) is 9. The summed E-state index contributed by atoms with van der Waals surface area (Å²) in [6.45, 7) is 0.243. The molecule has 0 saturated carbocycles. The van der Waals surface area contributed by atoms with Crippen LogP contribution in [0, 0.1) is 0 Å². The maximum atomic E-state index is 12.6. The van der Waals surface area contributed by atoms with E-state index in [-0.39, 0.29) is 24.7 Å². The van der Waals surface area contributed by atoms with Gasteiger partial charge in [-0.1, -0.05) is 0 Å². The first-order valence-electron chi connectivity index (χ1n) is 10.3. The fourth-order valence-corrected chi connectivity index (χ4v) is 2.86. The van der Waals surface area contributed by atoms with E-state index in [0.29, 0.717) is 6.42 Å². The van der Waals surface area contributed by atoms with Gasteiger partial charge in [0.25, 0.3) is 0 Å². The predicted octanol–water partition coefficient (Wildman–Crippen LogP) is -4.42. The third kappa shape index (κ3) is 13.6. The fraction of sp³-hybridized carbons (Fsp3) is 0.611. The molecule has 0 radical (unpaired) electrons. The standard InChI is InChI=1S/C18H32N8O8S/c19-8(2-1-5-23-18(21)22)14(30)26-11(7-35)16(32)24-9(3-4-13(28)29)15(31)25-10(17(33)34)6-12(20)27/h8-11,35H,1-7,19H2,(H2,20,27)(H,24,32)(H,25,31)(H,26,30)(H,28,29)(H,33,34)(H4,21,22,23). The van der Waals surface area contributed by atoms with Crippen LogP contribution in [0.15, 0.2) is 4.99 Å². The first-order chi connectivity index (χ1) is 16.3. The summed E-state index contributed by atoms with van der Waals surface area (Å²) in [5.74, 6) is -6.81. The number of amides is 4. The van der Waals surface area contributed by atoms with E-state index in [2.05, 4.69) is 28.3 Å². The molecule has 0 aliphatic carbocycles. The zero-order valence-corrected chi connectivity index (χ0v) is 19.7. The van der Waals surface area contributed by atoms with Crippen LogP contribution in [0.4, 0.5) is 0 Å². The molecule has 16 nitrogen and oxygen atoms in total. The number of nitrogens with one attached hydrogen (secondary N) is 3. The topological polar surface area (TPSA) is 295 Å². The number of hydrogen-bond donors (Lipinski definition) is 10. The van der Waals surface area contributed by atoms with E-state index in [4.69, 9.17) is 33.1 Å². The fourth-order valence-electron chi connectivity index (χ4n) is 2.61. The Hall–Kier alpha value is -3.60. The van der Waals surface area contributed by atoms with Gasteiger partial charge >= 0.3 is 11.9 Å². The number of aliphatic imine (C=N–C) groups is 1. The van der Waals surface area contributed by atoms with Gasteiger partial charge in [0.2, 0.25) is 23.6 Å². The average molecular weight is 521 g/mol. The molecule has 0 aliphatic rings. The Morgan fingerprint density at radius 1 is 0.829 bits per heavy atom. The number of aliphatic carboxylic acids is 2. The van der Waals surface area contributed by atoms with Crippen molar-refractivity contribution in [3.63, 3.8) is 0 Å². The summed E-state index contributed by atoms with van der Waals surface area (Å²) in [5, 5.41) is 24.7. The normalized spacial score (nSPS) is 13.9. The van der Waals surface area contributed by atoms with Crippen molar-refractivity contribution < 1.29 is 39.0 Å². The predicted molar refractivity (Wildman–Crippen MR) is 126 cm³/mol. The molecule has 0 aromatic rings. The first-order valence-corrected chi connectivity index (χ1v) is 11.0. The molecule has 17 heteroatoms. The van der Waals surface area contributed by atoms with Crippen LogP contribution in [0.25, 0.3) is 0 Å². The van der Waals surface area contributed by atoms with Gasteiger partial charge in [-0.05, 0) is 19.3 Å². The third-order valence-corrected chi connectivity index (χ3v) is 4.78. The van der Waals surface area contributed by atoms with E-state index in [0.717, 1.165) is 0 Å². The molecule has 0 aromatic carbocycles. The van der Waals surface area contributed by atoms with E-state index in [9.17, 15) is 28.8 Å². The minimum atomic E-state index is -1.69. The van der Waals surface area contributed by atoms with Crippen LogP contribution in [0.5, 0.6) is 0 Å². The van der Waals surface area contributed by atoms with Crippen molar-refractivity contribution in [2.45, 2.75) is 56.3 Å². The number of carboxylic acids is 2. The molecule has 0 heterocycles. The van der Waals surface area contributed by atoms with E-state index in [1.54, 1.807) is 0 Å². The largest absolute Gasteiger partial charge is 0.481 e. The molecule has 198 valence electrons. The second-order valence-electron chi connectivity index (χ2n) is 7.36. The summed E-state index contributed by atoms with van der Waals surface area (Å²) in [5.41, 5.74) is 21.2. The van der Waals surface area contributed by atoms with E-state index < -0.39 is 79.0 Å². The number of nitrogens with zero attached hydrogens (tertiary/aromatic N) is 1. The smallest absolute Gasteiger partial charge is 0.326 e. The van der Waals surface area contributed by atoms with Crippen molar-refractivity contribution in [1.29, 1.82) is 0 Å². The molecular formula is C18H32N8O8S. The number of carboxylic acid groups (broad SMARTS) is 2. The van der Waals surface area contributed by atoms with Gasteiger partial charge in [-0.15, -0.1) is 0 Å². The lowest BCUT2D eigenvalue weighted by atomic mass is 10.1. The second kappa shape index (κ2) is 16.1. The molecule has 4 amide bonds. The molecule has 0 spiro atoms. The van der Waals surface area contributed by atoms with E-state index >= 15 is 0 Å². The quantitative estimate of drug-likeness (QED) is 0.0377. The van der Waals surface area contributed by atoms with Crippen molar-refractivity contribution in [1.82, 2.24) is 16.0 Å². The van der Waals surface area contributed by atoms with Crippen molar-refractivity contribution in [2.75, 3.05) is 12.3 Å². The van der Waals surface area contributed by atoms with Crippen LogP contribution in [0.1, 0.15) is 32.1 Å². The lowest BCUT2D eigenvalue weighted by molar-refractivity contribution is -0.144. The Kier molecular flexibility index (Phi) is 14.4. The van der Waals surface area contributed by atoms with Gasteiger partial charge in [-0.2, -0.15) is 12.6 Å². The number of rotatable bonds is 17. The van der Waals surface area contributed by atoms with Gasteiger partial charge in [0, 0.05) is 18.7 Å². The van der Waals surface area contributed by atoms with Crippen LogP contribution >= 0.6 is 12.6 Å². The monoisotopic (exact) mass is 520 g/mol. The first kappa shape index (κ1) is 31.4. The van der Waals surface area contributed by atoms with Gasteiger partial charge in [-0.3, -0.25) is 29.0 Å². The maximum absolute atomic E-state index is 12.6. The van der Waals surface area contributed by atoms with Gasteiger partial charge in [0.1, 0.15) is 18.1 Å². The number of carbonyl (C=O) groups excluding carboxylic acids is 4. The Labute approximate surface area is 206 Å². The van der Waals surface area contributed by atoms with Gasteiger partial charge < -0.3 is 49.1 Å². The van der Waals surface area contributed by atoms with Crippen molar-refractivity contribution in [3.8, 4) is 0 Å². The Bertz CT molecular complexity index is 820. The van der Waals surface area contributed by atoms with Crippen molar-refractivity contribution in [2.24, 2.45) is 27.9 Å². The van der Waals surface area contributed by atoms with Crippen LogP contribution in [-0.2, 0) is 28.8 Å². The second-order valence-corrected chi connectivity index (χ2v) is 7.73. The highest BCUT2D eigenvalue weighted by Gasteiger charge is 2.30. The van der Waals surface area contributed by atoms with Crippen LogP contribution in [0.2, 0.25) is 0 Å². The number of carbonyl (C=O) groups is 6. The SMILES string of the molecule is NC(=O)CC(NC(=O)C(CCC(=O)O)NC(=O)C(CS)NC(=O)C(N)CCCN=C(N)N)C(=O)O. The molecule has 0 saturated heterocycles. The van der Waals surface area contributed by atoms with Crippen molar-refractivity contribution in [3.05, 3.63) is 0 Å². The average Bonchev–Trinajstić information content (AvgIpc) is 2.75. The van der Waals surface area contributed by atoms with Gasteiger partial charge in [0.15, 0.2) is 5.96 Å². The molecule has 0 aliphatic heterocycles. The summed E-state index contributed by atoms with van der Waals surface area (Å²) in [7, 11) is 0. The molecular weight excluding hydrogens is 488 g/mol. The van der Waals surface area contributed by atoms with E-state index in [1.165, 1.54) is 0 Å². The molecule has 0 bridgehead atoms. The van der Waals surface area contributed by atoms with Crippen LogP contribution in [-0.4, -0.2) is 88.2 Å². The van der Waals surface area contributed by atoms with Crippen LogP contribution in [0.3, 0.4) is 0 Å². The number of primary amides is 1. The van der Waals surface area contributed by atoms with Crippen molar-refractivity contribution >= 4 is 54.2 Å². The van der Waals surface area contributed by atoms with Gasteiger partial charge in [-0.25, -0.2) is 4.79 Å². The number of guanidine groups is 1. The molecule has 0 fully saturated rings. The summed E-state index contributed by atoms with van der Waals surface area (Å²) in [6, 6.07) is -5.45. The minimum Gasteiger partial charge on any atom is -0.481 e. The number of thiol groups is 1. The lowest BCUT2D eigenvalue weighted by Gasteiger charge is -2.24. The highest BCUT2D eigenvalue weighted by Crippen LogP contribution is 2.03. The molecule has 0 aromatic heterocycles. The zero-order valence-electron chi connectivity index (χ0n) is 18.8. The maximum Gasteiger partial charge on any atom is 0.326 e. The molecule has 4 atom stereocenters. The Morgan fingerprint density at radius 3 is 1.86 bits per heavy atom. The third-order valence-electron chi connectivity index (χ3n) is 4.42. The summed E-state index contributed by atoms with van der Waals surface area (Å²) in [4.78, 5) is 74.5. The molecule has 13 N–H and O–H groups in total.